The van der Waals surface area contributed by atoms with Crippen LogP contribution in [0.4, 0.5) is 0 Å². The molecule has 0 bridgehead atoms. The van der Waals surface area contributed by atoms with E-state index >= 15 is 0 Å². The summed E-state index contributed by atoms with van der Waals surface area (Å²) in [5, 5.41) is 8.95. The van der Waals surface area contributed by atoms with E-state index in [0.717, 1.165) is 11.1 Å². The summed E-state index contributed by atoms with van der Waals surface area (Å²) in [6.07, 6.45) is 0. The summed E-state index contributed by atoms with van der Waals surface area (Å²) in [4.78, 5) is 24.7. The number of carboxylic acids is 1. The quantitative estimate of drug-likeness (QED) is 0.887. The van der Waals surface area contributed by atoms with Crippen LogP contribution in [0.2, 0.25) is 0 Å². The molecule has 0 heterocycles. The minimum atomic E-state index is -0.940. The van der Waals surface area contributed by atoms with Crippen molar-refractivity contribution in [3.05, 3.63) is 35.4 Å². The molecule has 0 aromatic heterocycles. The van der Waals surface area contributed by atoms with Crippen LogP contribution >= 0.6 is 0 Å². The van der Waals surface area contributed by atoms with Gasteiger partial charge in [-0.3, -0.25) is 9.59 Å². The molecule has 4 heteroatoms. The maximum atomic E-state index is 12.2. The van der Waals surface area contributed by atoms with Gasteiger partial charge in [-0.2, -0.15) is 0 Å². The summed E-state index contributed by atoms with van der Waals surface area (Å²) in [5.74, 6) is -2.28. The summed E-state index contributed by atoms with van der Waals surface area (Å²) in [7, 11) is 1.71. The van der Waals surface area contributed by atoms with Gasteiger partial charge in [0, 0.05) is 19.5 Å². The zero-order valence-electron chi connectivity index (χ0n) is 11.9. The second-order valence-electron chi connectivity index (χ2n) is 5.04. The minimum Gasteiger partial charge on any atom is -0.481 e. The van der Waals surface area contributed by atoms with Crippen molar-refractivity contribution >= 4 is 11.9 Å². The fraction of sp³-hybridized carbons (Fsp3) is 0.467. The first-order valence-corrected chi connectivity index (χ1v) is 6.37. The molecule has 2 atom stereocenters. The van der Waals surface area contributed by atoms with Crippen LogP contribution in [-0.4, -0.2) is 28.9 Å². The predicted octanol–water partition coefficient (Wildman–Crippen LogP) is 2.31. The normalized spacial score (nSPS) is 13.7. The van der Waals surface area contributed by atoms with E-state index in [-0.39, 0.29) is 5.91 Å². The van der Waals surface area contributed by atoms with E-state index in [0.29, 0.717) is 6.54 Å². The van der Waals surface area contributed by atoms with Crippen molar-refractivity contribution in [3.8, 4) is 0 Å². The van der Waals surface area contributed by atoms with Gasteiger partial charge in [0.2, 0.25) is 5.91 Å². The molecular weight excluding hydrogens is 242 g/mol. The Bertz CT molecular complexity index is 470. The van der Waals surface area contributed by atoms with Crippen molar-refractivity contribution in [1.82, 2.24) is 4.90 Å². The third-order valence-corrected chi connectivity index (χ3v) is 3.57. The molecule has 0 saturated heterocycles. The first kappa shape index (κ1) is 15.2. The highest BCUT2D eigenvalue weighted by molar-refractivity contribution is 5.84. The van der Waals surface area contributed by atoms with E-state index in [1.807, 2.05) is 31.2 Å². The molecule has 2 unspecified atom stereocenters. The molecule has 4 nitrogen and oxygen atoms in total. The van der Waals surface area contributed by atoms with Crippen LogP contribution in [0.1, 0.15) is 25.0 Å². The second-order valence-corrected chi connectivity index (χ2v) is 5.04. The standard InChI is InChI=1S/C15H21NO3/c1-10-7-5-6-8-13(10)9-16(4)14(17)11(2)12(3)15(18)19/h5-8,11-12H,9H2,1-4H3,(H,18,19). The van der Waals surface area contributed by atoms with Gasteiger partial charge in [0.1, 0.15) is 0 Å². The Morgan fingerprint density at radius 3 is 2.32 bits per heavy atom. The van der Waals surface area contributed by atoms with Crippen molar-refractivity contribution in [2.45, 2.75) is 27.3 Å². The SMILES string of the molecule is Cc1ccccc1CN(C)C(=O)C(C)C(C)C(=O)O. The number of carbonyl (C=O) groups excluding carboxylic acids is 1. The second kappa shape index (κ2) is 6.36. The molecule has 0 aliphatic carbocycles. The van der Waals surface area contributed by atoms with Gasteiger partial charge < -0.3 is 10.0 Å². The number of hydrogen-bond acceptors (Lipinski definition) is 2. The lowest BCUT2D eigenvalue weighted by Gasteiger charge is -2.24. The van der Waals surface area contributed by atoms with Crippen LogP contribution in [0.3, 0.4) is 0 Å². The van der Waals surface area contributed by atoms with Gasteiger partial charge in [-0.25, -0.2) is 0 Å². The lowest BCUT2D eigenvalue weighted by Crippen LogP contribution is -2.36. The van der Waals surface area contributed by atoms with Gasteiger partial charge in [0.15, 0.2) is 0 Å². The molecule has 104 valence electrons. The van der Waals surface area contributed by atoms with Crippen LogP contribution in [0.5, 0.6) is 0 Å². The maximum Gasteiger partial charge on any atom is 0.307 e. The molecule has 19 heavy (non-hydrogen) atoms. The van der Waals surface area contributed by atoms with Crippen molar-refractivity contribution in [2.24, 2.45) is 11.8 Å². The summed E-state index contributed by atoms with van der Waals surface area (Å²) >= 11 is 0. The van der Waals surface area contributed by atoms with Gasteiger partial charge in [-0.1, -0.05) is 38.1 Å². The number of aliphatic carboxylic acids is 1. The molecule has 1 amide bonds. The Hall–Kier alpha value is -1.84. The van der Waals surface area contributed by atoms with E-state index in [1.54, 1.807) is 25.8 Å². The van der Waals surface area contributed by atoms with Gasteiger partial charge in [-0.15, -0.1) is 0 Å². The highest BCUT2D eigenvalue weighted by atomic mass is 16.4. The molecule has 1 aromatic carbocycles. The van der Waals surface area contributed by atoms with Crippen molar-refractivity contribution in [1.29, 1.82) is 0 Å². The van der Waals surface area contributed by atoms with Gasteiger partial charge in [0.25, 0.3) is 0 Å². The average Bonchev–Trinajstić information content (AvgIpc) is 2.38. The Morgan fingerprint density at radius 2 is 1.79 bits per heavy atom. The van der Waals surface area contributed by atoms with E-state index < -0.39 is 17.8 Å². The van der Waals surface area contributed by atoms with Crippen LogP contribution in [0, 0.1) is 18.8 Å². The number of hydrogen-bond donors (Lipinski definition) is 1. The summed E-state index contributed by atoms with van der Waals surface area (Å²) < 4.78 is 0. The fourth-order valence-electron chi connectivity index (χ4n) is 1.90. The van der Waals surface area contributed by atoms with E-state index in [2.05, 4.69) is 0 Å². The largest absolute Gasteiger partial charge is 0.481 e. The first-order chi connectivity index (χ1) is 8.84. The molecule has 0 radical (unpaired) electrons. The zero-order valence-corrected chi connectivity index (χ0v) is 11.9. The van der Waals surface area contributed by atoms with Gasteiger partial charge in [-0.05, 0) is 18.1 Å². The molecule has 1 aromatic rings. The number of nitrogens with zero attached hydrogens (tertiary/aromatic N) is 1. The third-order valence-electron chi connectivity index (χ3n) is 3.57. The van der Waals surface area contributed by atoms with Crippen molar-refractivity contribution in [3.63, 3.8) is 0 Å². The molecule has 0 saturated carbocycles. The van der Waals surface area contributed by atoms with Crippen LogP contribution in [0.25, 0.3) is 0 Å². The van der Waals surface area contributed by atoms with Crippen molar-refractivity contribution in [2.75, 3.05) is 7.05 Å². The topological polar surface area (TPSA) is 57.6 Å². The molecule has 0 aliphatic rings. The first-order valence-electron chi connectivity index (χ1n) is 6.37. The number of amides is 1. The molecule has 1 N–H and O–H groups in total. The smallest absolute Gasteiger partial charge is 0.307 e. The Labute approximate surface area is 114 Å². The highest BCUT2D eigenvalue weighted by Crippen LogP contribution is 2.16. The van der Waals surface area contributed by atoms with Crippen molar-refractivity contribution < 1.29 is 14.7 Å². The average molecular weight is 263 g/mol. The lowest BCUT2D eigenvalue weighted by molar-refractivity contribution is -0.148. The van der Waals surface area contributed by atoms with Crippen LogP contribution in [-0.2, 0) is 16.1 Å². The highest BCUT2D eigenvalue weighted by Gasteiger charge is 2.28. The summed E-state index contributed by atoms with van der Waals surface area (Å²) in [5.41, 5.74) is 2.20. The van der Waals surface area contributed by atoms with E-state index in [9.17, 15) is 9.59 Å². The fourth-order valence-corrected chi connectivity index (χ4v) is 1.90. The Kier molecular flexibility index (Phi) is 5.10. The number of aryl methyl sites for hydroxylation is 1. The number of carboxylic acid groups (broad SMARTS) is 1. The number of benzene rings is 1. The lowest BCUT2D eigenvalue weighted by atomic mass is 9.94. The third kappa shape index (κ3) is 3.81. The van der Waals surface area contributed by atoms with E-state index in [1.165, 1.54) is 0 Å². The van der Waals surface area contributed by atoms with Gasteiger partial charge in [0.05, 0.1) is 5.92 Å². The molecule has 0 fully saturated rings. The Morgan fingerprint density at radius 1 is 1.21 bits per heavy atom. The van der Waals surface area contributed by atoms with Crippen LogP contribution < -0.4 is 0 Å². The summed E-state index contributed by atoms with van der Waals surface area (Å²) in [6, 6.07) is 7.86. The van der Waals surface area contributed by atoms with Crippen LogP contribution in [0.15, 0.2) is 24.3 Å². The minimum absolute atomic E-state index is 0.141. The molecule has 0 spiro atoms. The predicted molar refractivity (Wildman–Crippen MR) is 73.6 cm³/mol. The zero-order chi connectivity index (χ0) is 14.6. The molecule has 1 rings (SSSR count). The summed E-state index contributed by atoms with van der Waals surface area (Å²) in [6.45, 7) is 5.72. The number of rotatable bonds is 5. The molecular formula is C15H21NO3. The Balaban J connectivity index is 2.73. The monoisotopic (exact) mass is 263 g/mol. The maximum absolute atomic E-state index is 12.2. The number of carbonyl (C=O) groups is 2. The molecule has 0 aliphatic heterocycles. The van der Waals surface area contributed by atoms with Gasteiger partial charge >= 0.3 is 5.97 Å². The van der Waals surface area contributed by atoms with E-state index in [4.69, 9.17) is 5.11 Å².